The predicted octanol–water partition coefficient (Wildman–Crippen LogP) is 2.94. The van der Waals surface area contributed by atoms with Gasteiger partial charge in [0.1, 0.15) is 5.82 Å². The summed E-state index contributed by atoms with van der Waals surface area (Å²) < 4.78 is 0. The van der Waals surface area contributed by atoms with E-state index in [4.69, 9.17) is 0 Å². The molecule has 0 saturated carbocycles. The molecule has 0 saturated heterocycles. The normalized spacial score (nSPS) is 10.7. The van der Waals surface area contributed by atoms with E-state index in [1.807, 2.05) is 30.5 Å². The summed E-state index contributed by atoms with van der Waals surface area (Å²) in [6.45, 7) is 1.15. The first-order valence-corrected chi connectivity index (χ1v) is 9.09. The van der Waals surface area contributed by atoms with Crippen LogP contribution < -0.4 is 10.6 Å². The maximum absolute atomic E-state index is 12.2. The Hall–Kier alpha value is -3.74. The number of nitrogens with one attached hydrogen (secondary N) is 3. The summed E-state index contributed by atoms with van der Waals surface area (Å²) in [5.41, 5.74) is 3.66. The number of carbonyl (C=O) groups is 1. The van der Waals surface area contributed by atoms with Gasteiger partial charge >= 0.3 is 0 Å². The second-order valence-electron chi connectivity index (χ2n) is 6.38. The minimum absolute atomic E-state index is 0.255. The van der Waals surface area contributed by atoms with Gasteiger partial charge in [0.15, 0.2) is 5.69 Å². The number of pyridine rings is 1. The summed E-state index contributed by atoms with van der Waals surface area (Å²) in [6.07, 6.45) is 6.28. The molecule has 140 valence electrons. The zero-order valence-corrected chi connectivity index (χ0v) is 15.2. The van der Waals surface area contributed by atoms with E-state index in [2.05, 4.69) is 42.9 Å². The fourth-order valence-corrected chi connectivity index (χ4v) is 2.98. The van der Waals surface area contributed by atoms with Crippen molar-refractivity contribution in [1.29, 1.82) is 0 Å². The van der Waals surface area contributed by atoms with Crippen LogP contribution in [0, 0.1) is 0 Å². The zero-order chi connectivity index (χ0) is 19.2. The molecule has 3 N–H and O–H groups in total. The van der Waals surface area contributed by atoms with Crippen LogP contribution >= 0.6 is 0 Å². The zero-order valence-electron chi connectivity index (χ0n) is 15.2. The van der Waals surface area contributed by atoms with Crippen LogP contribution in [0.2, 0.25) is 0 Å². The lowest BCUT2D eigenvalue weighted by Gasteiger charge is -2.06. The maximum atomic E-state index is 12.2. The summed E-state index contributed by atoms with van der Waals surface area (Å²) in [5.74, 6) is 0.389. The average molecular weight is 372 g/mol. The van der Waals surface area contributed by atoms with Gasteiger partial charge in [-0.25, -0.2) is 0 Å². The number of para-hydroxylation sites is 1. The molecule has 0 aliphatic carbocycles. The van der Waals surface area contributed by atoms with Gasteiger partial charge in [0.25, 0.3) is 5.91 Å². The van der Waals surface area contributed by atoms with Crippen molar-refractivity contribution >= 4 is 22.6 Å². The standard InChI is InChI=1S/C21H20N6O/c28-21(25-13-15-7-10-22-11-8-15)19-5-6-20(27-26-19)23-12-9-16-14-24-18-4-2-1-3-17(16)18/h1-8,10-11,14,24H,9,12-13H2,(H,23,27)(H,25,28). The number of aromatic amines is 1. The Morgan fingerprint density at radius 2 is 1.86 bits per heavy atom. The molecule has 7 heteroatoms. The molecule has 0 fully saturated rings. The molecule has 3 heterocycles. The van der Waals surface area contributed by atoms with Crippen molar-refractivity contribution in [3.05, 3.63) is 83.9 Å². The Balaban J connectivity index is 1.29. The quantitative estimate of drug-likeness (QED) is 0.464. The van der Waals surface area contributed by atoms with Gasteiger partial charge in [-0.05, 0) is 47.9 Å². The van der Waals surface area contributed by atoms with Crippen molar-refractivity contribution < 1.29 is 4.79 Å². The van der Waals surface area contributed by atoms with Gasteiger partial charge in [0.05, 0.1) is 0 Å². The third-order valence-electron chi connectivity index (χ3n) is 4.47. The summed E-state index contributed by atoms with van der Waals surface area (Å²) in [5, 5.41) is 15.4. The fourth-order valence-electron chi connectivity index (χ4n) is 2.98. The lowest BCUT2D eigenvalue weighted by Crippen LogP contribution is -2.24. The molecule has 0 spiro atoms. The number of amides is 1. The van der Waals surface area contributed by atoms with E-state index in [1.165, 1.54) is 10.9 Å². The summed E-state index contributed by atoms with van der Waals surface area (Å²) in [4.78, 5) is 19.4. The number of carbonyl (C=O) groups excluding carboxylic acids is 1. The van der Waals surface area contributed by atoms with E-state index >= 15 is 0 Å². The van der Waals surface area contributed by atoms with Crippen molar-refractivity contribution in [1.82, 2.24) is 25.5 Å². The highest BCUT2D eigenvalue weighted by Gasteiger charge is 2.08. The molecule has 1 aromatic carbocycles. The van der Waals surface area contributed by atoms with Gasteiger partial charge in [-0.15, -0.1) is 10.2 Å². The highest BCUT2D eigenvalue weighted by atomic mass is 16.1. The van der Waals surface area contributed by atoms with Crippen LogP contribution in [0.1, 0.15) is 21.6 Å². The SMILES string of the molecule is O=C(NCc1ccncc1)c1ccc(NCCc2c[nH]c3ccccc23)nn1. The van der Waals surface area contributed by atoms with E-state index in [-0.39, 0.29) is 11.6 Å². The first kappa shape index (κ1) is 17.7. The Morgan fingerprint density at radius 1 is 1.00 bits per heavy atom. The number of hydrogen-bond acceptors (Lipinski definition) is 5. The van der Waals surface area contributed by atoms with Gasteiger partial charge in [-0.3, -0.25) is 9.78 Å². The minimum Gasteiger partial charge on any atom is -0.368 e. The number of rotatable bonds is 7. The molecule has 1 amide bonds. The minimum atomic E-state index is -0.255. The van der Waals surface area contributed by atoms with Gasteiger partial charge in [0, 0.05) is 42.6 Å². The van der Waals surface area contributed by atoms with Crippen LogP contribution in [0.5, 0.6) is 0 Å². The van der Waals surface area contributed by atoms with Crippen molar-refractivity contribution in [3.8, 4) is 0 Å². The van der Waals surface area contributed by atoms with Crippen molar-refractivity contribution in [3.63, 3.8) is 0 Å². The van der Waals surface area contributed by atoms with Gasteiger partial charge in [-0.1, -0.05) is 18.2 Å². The van der Waals surface area contributed by atoms with E-state index in [9.17, 15) is 4.79 Å². The van der Waals surface area contributed by atoms with E-state index in [0.29, 0.717) is 12.4 Å². The Morgan fingerprint density at radius 3 is 2.68 bits per heavy atom. The van der Waals surface area contributed by atoms with Gasteiger partial charge in [-0.2, -0.15) is 0 Å². The van der Waals surface area contributed by atoms with Crippen LogP contribution in [0.4, 0.5) is 5.82 Å². The highest BCUT2D eigenvalue weighted by molar-refractivity contribution is 5.92. The van der Waals surface area contributed by atoms with Crippen molar-refractivity contribution in [2.45, 2.75) is 13.0 Å². The summed E-state index contributed by atoms with van der Waals surface area (Å²) >= 11 is 0. The topological polar surface area (TPSA) is 95.6 Å². The van der Waals surface area contributed by atoms with Gasteiger partial charge < -0.3 is 15.6 Å². The van der Waals surface area contributed by atoms with Crippen LogP contribution in [0.3, 0.4) is 0 Å². The molecule has 4 aromatic rings. The first-order valence-electron chi connectivity index (χ1n) is 9.09. The number of fused-ring (bicyclic) bond motifs is 1. The van der Waals surface area contributed by atoms with Crippen LogP contribution in [0.15, 0.2) is 67.1 Å². The Bertz CT molecular complexity index is 1060. The van der Waals surface area contributed by atoms with Crippen molar-refractivity contribution in [2.24, 2.45) is 0 Å². The van der Waals surface area contributed by atoms with Crippen LogP contribution in [-0.2, 0) is 13.0 Å². The average Bonchev–Trinajstić information content (AvgIpc) is 3.16. The lowest BCUT2D eigenvalue weighted by molar-refractivity contribution is 0.0945. The maximum Gasteiger partial charge on any atom is 0.272 e. The molecule has 0 bridgehead atoms. The highest BCUT2D eigenvalue weighted by Crippen LogP contribution is 2.18. The molecule has 3 aromatic heterocycles. The molecular formula is C21H20N6O. The third kappa shape index (κ3) is 4.15. The number of H-pyrrole nitrogens is 1. The molecule has 28 heavy (non-hydrogen) atoms. The molecule has 4 rings (SSSR count). The van der Waals surface area contributed by atoms with Crippen molar-refractivity contribution in [2.75, 3.05) is 11.9 Å². The number of anilines is 1. The Kier molecular flexibility index (Phi) is 5.24. The lowest BCUT2D eigenvalue weighted by atomic mass is 10.1. The predicted molar refractivity (Wildman–Crippen MR) is 108 cm³/mol. The molecular weight excluding hydrogens is 352 g/mol. The van der Waals surface area contributed by atoms with E-state index in [0.717, 1.165) is 24.0 Å². The summed E-state index contributed by atoms with van der Waals surface area (Å²) in [6, 6.07) is 15.4. The fraction of sp³-hybridized carbons (Fsp3) is 0.143. The second-order valence-corrected chi connectivity index (χ2v) is 6.38. The molecule has 0 aliphatic heterocycles. The molecule has 7 nitrogen and oxygen atoms in total. The monoisotopic (exact) mass is 372 g/mol. The number of hydrogen-bond donors (Lipinski definition) is 3. The number of benzene rings is 1. The molecule has 0 atom stereocenters. The number of nitrogens with zero attached hydrogens (tertiary/aromatic N) is 3. The molecule has 0 unspecified atom stereocenters. The van der Waals surface area contributed by atoms with Crippen LogP contribution in [0.25, 0.3) is 10.9 Å². The molecule has 0 radical (unpaired) electrons. The smallest absolute Gasteiger partial charge is 0.272 e. The Labute approximate surface area is 162 Å². The first-order chi connectivity index (χ1) is 13.8. The molecule has 0 aliphatic rings. The third-order valence-corrected chi connectivity index (χ3v) is 4.47. The second kappa shape index (κ2) is 8.30. The van der Waals surface area contributed by atoms with E-state index in [1.54, 1.807) is 24.5 Å². The van der Waals surface area contributed by atoms with E-state index < -0.39 is 0 Å². The van der Waals surface area contributed by atoms with Gasteiger partial charge in [0.2, 0.25) is 0 Å². The number of aromatic nitrogens is 4. The van der Waals surface area contributed by atoms with Crippen LogP contribution in [-0.4, -0.2) is 32.6 Å². The largest absolute Gasteiger partial charge is 0.368 e. The summed E-state index contributed by atoms with van der Waals surface area (Å²) in [7, 11) is 0.